The average molecular weight is 500 g/mol. The first-order valence-electron chi connectivity index (χ1n) is 11.4. The summed E-state index contributed by atoms with van der Waals surface area (Å²) in [5.41, 5.74) is 1.83. The Morgan fingerprint density at radius 3 is 1.81 bits per heavy atom. The van der Waals surface area contributed by atoms with Crippen LogP contribution in [0.5, 0.6) is 0 Å². The summed E-state index contributed by atoms with van der Waals surface area (Å²) in [4.78, 5) is 8.61. The fourth-order valence-electron chi connectivity index (χ4n) is 3.98. The van der Waals surface area contributed by atoms with Crippen molar-refractivity contribution in [3.63, 3.8) is 0 Å². The van der Waals surface area contributed by atoms with Gasteiger partial charge in [-0.3, -0.25) is 0 Å². The van der Waals surface area contributed by atoms with E-state index in [1.165, 1.54) is 17.7 Å². The van der Waals surface area contributed by atoms with Crippen LogP contribution in [0.15, 0.2) is 67.0 Å². The molecule has 186 valence electrons. The summed E-state index contributed by atoms with van der Waals surface area (Å²) in [6.45, 7) is 2.78. The number of hydrogen-bond acceptors (Lipinski definition) is 2. The van der Waals surface area contributed by atoms with Gasteiger partial charge < -0.3 is 0 Å². The number of nitrogens with zero attached hydrogens (tertiary/aromatic N) is 2. The van der Waals surface area contributed by atoms with Crippen molar-refractivity contribution in [1.82, 2.24) is 9.97 Å². The van der Waals surface area contributed by atoms with Crippen LogP contribution >= 0.6 is 0 Å². The Labute approximate surface area is 204 Å². The summed E-state index contributed by atoms with van der Waals surface area (Å²) in [5.74, 6) is -5.69. The SMILES string of the molecule is CCCc1ccc(-c2cnc(-c3ccc(-c4cc(F)c(C(C)C(F)(F)F)c(F)c4)c(F)c3)nc2)cc1. The van der Waals surface area contributed by atoms with Gasteiger partial charge in [-0.2, -0.15) is 13.2 Å². The topological polar surface area (TPSA) is 25.8 Å². The number of rotatable bonds is 6. The van der Waals surface area contributed by atoms with E-state index in [1.54, 1.807) is 12.4 Å². The van der Waals surface area contributed by atoms with Crippen molar-refractivity contribution in [1.29, 1.82) is 0 Å². The van der Waals surface area contributed by atoms with Crippen LogP contribution in [0.1, 0.15) is 37.3 Å². The van der Waals surface area contributed by atoms with Gasteiger partial charge in [0, 0.05) is 34.6 Å². The maximum atomic E-state index is 14.9. The zero-order valence-electron chi connectivity index (χ0n) is 19.5. The molecule has 1 heterocycles. The molecule has 0 N–H and O–H groups in total. The molecule has 0 bridgehead atoms. The monoisotopic (exact) mass is 500 g/mol. The number of hydrogen-bond donors (Lipinski definition) is 0. The Balaban J connectivity index is 1.59. The minimum Gasteiger partial charge on any atom is -0.236 e. The molecule has 0 saturated carbocycles. The number of aromatic nitrogens is 2. The molecule has 4 aromatic rings. The highest BCUT2D eigenvalue weighted by Gasteiger charge is 2.40. The van der Waals surface area contributed by atoms with Crippen LogP contribution in [0.2, 0.25) is 0 Å². The minimum absolute atomic E-state index is 0.161. The second kappa shape index (κ2) is 10.1. The van der Waals surface area contributed by atoms with Crippen LogP contribution < -0.4 is 0 Å². The first kappa shape index (κ1) is 25.4. The Hall–Kier alpha value is -3.68. The van der Waals surface area contributed by atoms with Gasteiger partial charge in [0.15, 0.2) is 5.82 Å². The normalized spacial score (nSPS) is 12.6. The fraction of sp³-hybridized carbons (Fsp3) is 0.214. The Bertz CT molecular complexity index is 1340. The number of halogens is 6. The van der Waals surface area contributed by atoms with E-state index in [-0.39, 0.29) is 17.0 Å². The molecule has 3 aromatic carbocycles. The predicted molar refractivity (Wildman–Crippen MR) is 127 cm³/mol. The first-order chi connectivity index (χ1) is 17.1. The van der Waals surface area contributed by atoms with Crippen LogP contribution in [0.25, 0.3) is 33.6 Å². The van der Waals surface area contributed by atoms with Gasteiger partial charge in [0.25, 0.3) is 0 Å². The van der Waals surface area contributed by atoms with Crippen LogP contribution in [0, 0.1) is 17.5 Å². The maximum absolute atomic E-state index is 14.9. The largest absolute Gasteiger partial charge is 0.395 e. The highest BCUT2D eigenvalue weighted by molar-refractivity contribution is 5.70. The molecular weight excluding hydrogens is 478 g/mol. The van der Waals surface area contributed by atoms with E-state index >= 15 is 0 Å². The van der Waals surface area contributed by atoms with Gasteiger partial charge in [-0.05, 0) is 48.2 Å². The lowest BCUT2D eigenvalue weighted by Crippen LogP contribution is -2.20. The van der Waals surface area contributed by atoms with Crippen molar-refractivity contribution in [3.05, 3.63) is 95.6 Å². The molecule has 0 fully saturated rings. The maximum Gasteiger partial charge on any atom is 0.395 e. The number of alkyl halides is 3. The summed E-state index contributed by atoms with van der Waals surface area (Å²) in [7, 11) is 0. The molecule has 8 heteroatoms. The molecule has 2 nitrogen and oxygen atoms in total. The third-order valence-corrected chi connectivity index (χ3v) is 6.02. The van der Waals surface area contributed by atoms with Crippen molar-refractivity contribution < 1.29 is 26.3 Å². The summed E-state index contributed by atoms with van der Waals surface area (Å²) >= 11 is 0. The molecule has 0 amide bonds. The Kier molecular flexibility index (Phi) is 7.15. The average Bonchev–Trinajstić information content (AvgIpc) is 2.83. The fourth-order valence-corrected chi connectivity index (χ4v) is 3.98. The van der Waals surface area contributed by atoms with Gasteiger partial charge in [0.05, 0.1) is 5.92 Å². The zero-order chi connectivity index (χ0) is 26.0. The summed E-state index contributed by atoms with van der Waals surface area (Å²) in [6.07, 6.45) is 0.471. The van der Waals surface area contributed by atoms with Crippen LogP contribution in [0.4, 0.5) is 26.3 Å². The third-order valence-electron chi connectivity index (χ3n) is 6.02. The molecule has 0 aliphatic heterocycles. The lowest BCUT2D eigenvalue weighted by Gasteiger charge is -2.18. The first-order valence-corrected chi connectivity index (χ1v) is 11.4. The van der Waals surface area contributed by atoms with Gasteiger partial charge >= 0.3 is 6.18 Å². The standard InChI is InChI=1S/C28H22F6N2/c1-3-4-17-5-7-18(8-6-17)21-14-35-27(36-15-21)19-9-10-22(23(29)11-19)20-12-24(30)26(25(31)13-20)16(2)28(32,33)34/h5-16H,3-4H2,1-2H3. The highest BCUT2D eigenvalue weighted by atomic mass is 19.4. The van der Waals surface area contributed by atoms with Gasteiger partial charge in [0.2, 0.25) is 0 Å². The van der Waals surface area contributed by atoms with E-state index in [0.29, 0.717) is 24.6 Å². The van der Waals surface area contributed by atoms with Crippen LogP contribution in [-0.2, 0) is 6.42 Å². The molecule has 0 aliphatic carbocycles. The molecule has 1 unspecified atom stereocenters. The zero-order valence-corrected chi connectivity index (χ0v) is 19.5. The van der Waals surface area contributed by atoms with Gasteiger partial charge in [0.1, 0.15) is 17.5 Å². The number of benzene rings is 3. The van der Waals surface area contributed by atoms with Crippen molar-refractivity contribution in [2.75, 3.05) is 0 Å². The Morgan fingerprint density at radius 1 is 0.722 bits per heavy atom. The molecule has 0 radical (unpaired) electrons. The predicted octanol–water partition coefficient (Wildman–Crippen LogP) is 8.51. The van der Waals surface area contributed by atoms with E-state index in [0.717, 1.165) is 30.0 Å². The van der Waals surface area contributed by atoms with Crippen molar-refractivity contribution in [3.8, 4) is 33.6 Å². The molecule has 0 spiro atoms. The van der Waals surface area contributed by atoms with E-state index < -0.39 is 35.1 Å². The number of aryl methyl sites for hydroxylation is 1. The molecule has 0 aliphatic rings. The minimum atomic E-state index is -4.82. The lowest BCUT2D eigenvalue weighted by atomic mass is 9.95. The molecule has 1 aromatic heterocycles. The van der Waals surface area contributed by atoms with Gasteiger partial charge in [-0.1, -0.05) is 49.7 Å². The Morgan fingerprint density at radius 2 is 1.28 bits per heavy atom. The molecule has 36 heavy (non-hydrogen) atoms. The van der Waals surface area contributed by atoms with Crippen molar-refractivity contribution in [2.45, 2.75) is 38.8 Å². The van der Waals surface area contributed by atoms with E-state index in [2.05, 4.69) is 16.9 Å². The summed E-state index contributed by atoms with van der Waals surface area (Å²) in [5, 5.41) is 0. The van der Waals surface area contributed by atoms with Crippen molar-refractivity contribution >= 4 is 0 Å². The molecule has 4 rings (SSSR count). The second-order valence-electron chi connectivity index (χ2n) is 8.55. The molecule has 1 atom stereocenters. The smallest absolute Gasteiger partial charge is 0.236 e. The molecule has 0 saturated heterocycles. The van der Waals surface area contributed by atoms with Gasteiger partial charge in [-0.15, -0.1) is 0 Å². The van der Waals surface area contributed by atoms with Crippen LogP contribution in [-0.4, -0.2) is 16.1 Å². The van der Waals surface area contributed by atoms with Crippen molar-refractivity contribution in [2.24, 2.45) is 0 Å². The van der Waals surface area contributed by atoms with Gasteiger partial charge in [-0.25, -0.2) is 23.1 Å². The summed E-state index contributed by atoms with van der Waals surface area (Å²) in [6, 6.07) is 13.3. The second-order valence-corrected chi connectivity index (χ2v) is 8.55. The molecular formula is C28H22F6N2. The third kappa shape index (κ3) is 5.27. The van der Waals surface area contributed by atoms with E-state index in [9.17, 15) is 26.3 Å². The summed E-state index contributed by atoms with van der Waals surface area (Å²) < 4.78 is 82.6. The van der Waals surface area contributed by atoms with E-state index in [4.69, 9.17) is 0 Å². The van der Waals surface area contributed by atoms with E-state index in [1.807, 2.05) is 24.3 Å². The highest BCUT2D eigenvalue weighted by Crippen LogP contribution is 2.39. The van der Waals surface area contributed by atoms with Crippen LogP contribution in [0.3, 0.4) is 0 Å². The lowest BCUT2D eigenvalue weighted by molar-refractivity contribution is -0.147. The quantitative estimate of drug-likeness (QED) is 0.248.